The lowest BCUT2D eigenvalue weighted by Crippen LogP contribution is -2.42. The Morgan fingerprint density at radius 1 is 1.21 bits per heavy atom. The Kier molecular flexibility index (Phi) is 3.41. The van der Waals surface area contributed by atoms with Gasteiger partial charge in [-0.25, -0.2) is 0 Å². The number of non-ortho nitro benzene ring substituents is 1. The number of carbonyl (C=O) groups excluding carboxylic acids is 1. The van der Waals surface area contributed by atoms with E-state index in [1.54, 1.807) is 4.90 Å². The van der Waals surface area contributed by atoms with E-state index in [9.17, 15) is 25.0 Å². The minimum absolute atomic E-state index is 0.103. The largest absolute Gasteiger partial charge is 0.342 e. The van der Waals surface area contributed by atoms with E-state index in [0.717, 1.165) is 12.5 Å². The Labute approximate surface area is 107 Å². The summed E-state index contributed by atoms with van der Waals surface area (Å²) < 4.78 is 0. The van der Waals surface area contributed by atoms with Gasteiger partial charge in [-0.2, -0.15) is 0 Å². The average Bonchev–Trinajstić information content (AvgIpc) is 2.26. The monoisotopic (exact) mass is 265 g/mol. The number of nitrogens with zero attached hydrogens (tertiary/aromatic N) is 3. The smallest absolute Gasteiger partial charge is 0.279 e. The number of rotatable bonds is 4. The molecule has 1 saturated heterocycles. The molecule has 8 nitrogen and oxygen atoms in total. The molecule has 1 aliphatic rings. The number of hydrogen-bond donors (Lipinski definition) is 0. The summed E-state index contributed by atoms with van der Waals surface area (Å²) in [4.78, 5) is 33.4. The first kappa shape index (κ1) is 12.9. The molecule has 1 aromatic rings. The predicted molar refractivity (Wildman–Crippen MR) is 64.7 cm³/mol. The molecule has 19 heavy (non-hydrogen) atoms. The average molecular weight is 265 g/mol. The molecule has 0 saturated carbocycles. The van der Waals surface area contributed by atoms with Gasteiger partial charge in [0.05, 0.1) is 22.3 Å². The van der Waals surface area contributed by atoms with Gasteiger partial charge in [0.1, 0.15) is 0 Å². The lowest BCUT2D eigenvalue weighted by atomic mass is 10.1. The van der Waals surface area contributed by atoms with Crippen molar-refractivity contribution in [3.63, 3.8) is 0 Å². The van der Waals surface area contributed by atoms with E-state index >= 15 is 0 Å². The molecule has 1 aromatic carbocycles. The van der Waals surface area contributed by atoms with Crippen LogP contribution < -0.4 is 0 Å². The number of amides is 1. The first-order chi connectivity index (χ1) is 8.99. The number of nitro benzene ring substituents is 2. The third-order valence-corrected chi connectivity index (χ3v) is 3.03. The molecule has 0 aliphatic carbocycles. The highest BCUT2D eigenvalue weighted by atomic mass is 16.6. The Morgan fingerprint density at radius 3 is 2.37 bits per heavy atom. The molecule has 0 spiro atoms. The molecule has 0 aromatic heterocycles. The lowest BCUT2D eigenvalue weighted by Gasteiger charge is -2.30. The van der Waals surface area contributed by atoms with E-state index < -0.39 is 9.85 Å². The summed E-state index contributed by atoms with van der Waals surface area (Å²) in [5.41, 5.74) is -0.539. The van der Waals surface area contributed by atoms with Crippen molar-refractivity contribution >= 4 is 17.3 Å². The highest BCUT2D eigenvalue weighted by Gasteiger charge is 2.25. The van der Waals surface area contributed by atoms with Gasteiger partial charge in [-0.15, -0.1) is 0 Å². The Balaban J connectivity index is 2.25. The predicted octanol–water partition coefficient (Wildman–Crippen LogP) is 1.28. The zero-order chi connectivity index (χ0) is 14.0. The number of carbonyl (C=O) groups is 1. The van der Waals surface area contributed by atoms with Crippen molar-refractivity contribution < 1.29 is 14.6 Å². The summed E-state index contributed by atoms with van der Waals surface area (Å²) >= 11 is 0. The van der Waals surface area contributed by atoms with Crippen LogP contribution >= 0.6 is 0 Å². The molecule has 0 N–H and O–H groups in total. The molecule has 1 aliphatic heterocycles. The zero-order valence-electron chi connectivity index (χ0n) is 9.94. The summed E-state index contributed by atoms with van der Waals surface area (Å²) in [7, 11) is 0. The van der Waals surface area contributed by atoms with Crippen LogP contribution in [0, 0.1) is 20.2 Å². The van der Waals surface area contributed by atoms with Gasteiger partial charge in [-0.3, -0.25) is 25.0 Å². The maximum Gasteiger partial charge on any atom is 0.279 e. The van der Waals surface area contributed by atoms with Crippen molar-refractivity contribution in [3.8, 4) is 0 Å². The van der Waals surface area contributed by atoms with Gasteiger partial charge in [-0.05, 0) is 12.5 Å². The summed E-state index contributed by atoms with van der Waals surface area (Å²) in [6.45, 7) is 1.33. The molecule has 100 valence electrons. The normalized spacial score (nSPS) is 13.8. The minimum Gasteiger partial charge on any atom is -0.342 e. The van der Waals surface area contributed by atoms with Crippen LogP contribution in [0.3, 0.4) is 0 Å². The standard InChI is InChI=1S/C11H11N3O5/c15-11(12-4-1-5-12)6-8-2-3-9(13(16)17)7-10(8)14(18)19/h2-3,7H,1,4-6H2. The second kappa shape index (κ2) is 5.01. The van der Waals surface area contributed by atoms with E-state index in [-0.39, 0.29) is 29.3 Å². The lowest BCUT2D eigenvalue weighted by molar-refractivity contribution is -0.394. The SMILES string of the molecule is O=C(Cc1ccc([N+](=O)[O-])cc1[N+](=O)[O-])N1CCC1. The molecule has 0 atom stereocenters. The second-order valence-corrected chi connectivity index (χ2v) is 4.24. The molecule has 0 unspecified atom stereocenters. The third-order valence-electron chi connectivity index (χ3n) is 3.03. The van der Waals surface area contributed by atoms with E-state index in [1.807, 2.05) is 0 Å². The second-order valence-electron chi connectivity index (χ2n) is 4.24. The van der Waals surface area contributed by atoms with Crippen LogP contribution in [-0.4, -0.2) is 33.7 Å². The van der Waals surface area contributed by atoms with Crippen LogP contribution in [0.1, 0.15) is 12.0 Å². The molecule has 8 heteroatoms. The van der Waals surface area contributed by atoms with E-state index in [0.29, 0.717) is 13.1 Å². The molecule has 0 radical (unpaired) electrons. The molecule has 1 amide bonds. The van der Waals surface area contributed by atoms with E-state index in [2.05, 4.69) is 0 Å². The summed E-state index contributed by atoms with van der Waals surface area (Å²) in [6.07, 6.45) is 0.836. The van der Waals surface area contributed by atoms with Gasteiger partial charge >= 0.3 is 0 Å². The van der Waals surface area contributed by atoms with Crippen LogP contribution in [-0.2, 0) is 11.2 Å². The molecule has 1 heterocycles. The van der Waals surface area contributed by atoms with Crippen molar-refractivity contribution in [2.75, 3.05) is 13.1 Å². The van der Waals surface area contributed by atoms with Crippen LogP contribution in [0.15, 0.2) is 18.2 Å². The molecule has 1 fully saturated rings. The number of likely N-dealkylation sites (tertiary alicyclic amines) is 1. The summed E-state index contributed by atoms with van der Waals surface area (Å²) in [5.74, 6) is -0.191. The van der Waals surface area contributed by atoms with Gasteiger partial charge in [0, 0.05) is 24.7 Å². The molecular weight excluding hydrogens is 254 g/mol. The van der Waals surface area contributed by atoms with Crippen molar-refractivity contribution in [3.05, 3.63) is 44.0 Å². The highest BCUT2D eigenvalue weighted by molar-refractivity contribution is 5.80. The van der Waals surface area contributed by atoms with Crippen molar-refractivity contribution in [2.24, 2.45) is 0 Å². The Bertz CT molecular complexity index is 553. The third kappa shape index (κ3) is 2.67. The fourth-order valence-electron chi connectivity index (χ4n) is 1.83. The first-order valence-electron chi connectivity index (χ1n) is 5.68. The van der Waals surface area contributed by atoms with Gasteiger partial charge in [0.2, 0.25) is 5.91 Å². The maximum atomic E-state index is 11.8. The summed E-state index contributed by atoms with van der Waals surface area (Å²) in [5, 5.41) is 21.5. The maximum absolute atomic E-state index is 11.8. The van der Waals surface area contributed by atoms with Crippen molar-refractivity contribution in [1.82, 2.24) is 4.90 Å². The van der Waals surface area contributed by atoms with Gasteiger partial charge in [0.25, 0.3) is 11.4 Å². The molecular formula is C11H11N3O5. The first-order valence-corrected chi connectivity index (χ1v) is 5.68. The number of benzene rings is 1. The van der Waals surface area contributed by atoms with Crippen LogP contribution in [0.5, 0.6) is 0 Å². The van der Waals surface area contributed by atoms with Crippen LogP contribution in [0.2, 0.25) is 0 Å². The Morgan fingerprint density at radius 2 is 1.89 bits per heavy atom. The van der Waals surface area contributed by atoms with E-state index in [4.69, 9.17) is 0 Å². The minimum atomic E-state index is -0.703. The molecule has 0 bridgehead atoms. The topological polar surface area (TPSA) is 107 Å². The zero-order valence-corrected chi connectivity index (χ0v) is 9.94. The highest BCUT2D eigenvalue weighted by Crippen LogP contribution is 2.25. The quantitative estimate of drug-likeness (QED) is 0.602. The fourth-order valence-corrected chi connectivity index (χ4v) is 1.83. The summed E-state index contributed by atoms with van der Waals surface area (Å²) in [6, 6.07) is 3.33. The van der Waals surface area contributed by atoms with E-state index in [1.165, 1.54) is 12.1 Å². The van der Waals surface area contributed by atoms with Crippen molar-refractivity contribution in [1.29, 1.82) is 0 Å². The van der Waals surface area contributed by atoms with Crippen LogP contribution in [0.25, 0.3) is 0 Å². The van der Waals surface area contributed by atoms with Crippen LogP contribution in [0.4, 0.5) is 11.4 Å². The fraction of sp³-hybridized carbons (Fsp3) is 0.364. The number of nitro groups is 2. The van der Waals surface area contributed by atoms with Gasteiger partial charge < -0.3 is 4.90 Å². The Hall–Kier alpha value is -2.51. The molecule has 2 rings (SSSR count). The number of hydrogen-bond acceptors (Lipinski definition) is 5. The van der Waals surface area contributed by atoms with Gasteiger partial charge in [-0.1, -0.05) is 0 Å². The van der Waals surface area contributed by atoms with Crippen molar-refractivity contribution in [2.45, 2.75) is 12.8 Å². The van der Waals surface area contributed by atoms with Gasteiger partial charge in [0.15, 0.2) is 0 Å².